The van der Waals surface area contributed by atoms with Gasteiger partial charge in [0.2, 0.25) is 0 Å². The second-order valence-corrected chi connectivity index (χ2v) is 2.60. The van der Waals surface area contributed by atoms with E-state index in [1.165, 1.54) is 12.2 Å². The summed E-state index contributed by atoms with van der Waals surface area (Å²) in [5.74, 6) is -0.229. The van der Waals surface area contributed by atoms with Gasteiger partial charge in [0.05, 0.1) is 0 Å². The summed E-state index contributed by atoms with van der Waals surface area (Å²) in [5.41, 5.74) is 1.69. The highest BCUT2D eigenvalue weighted by Crippen LogP contribution is 2.05. The van der Waals surface area contributed by atoms with Crippen LogP contribution < -0.4 is 0 Å². The third-order valence-electron chi connectivity index (χ3n) is 0.811. The maximum absolute atomic E-state index is 12.6. The molecule has 0 atom stereocenters. The molecular formula is C9H13F. The van der Waals surface area contributed by atoms with Crippen molar-refractivity contribution >= 4 is 0 Å². The highest BCUT2D eigenvalue weighted by molar-refractivity contribution is 5.23. The van der Waals surface area contributed by atoms with Crippen molar-refractivity contribution in [3.63, 3.8) is 0 Å². The van der Waals surface area contributed by atoms with E-state index in [4.69, 9.17) is 0 Å². The number of rotatable bonds is 2. The van der Waals surface area contributed by atoms with Gasteiger partial charge in [-0.15, -0.1) is 0 Å². The minimum atomic E-state index is -0.229. The molecule has 0 spiro atoms. The van der Waals surface area contributed by atoms with Crippen LogP contribution in [0.3, 0.4) is 0 Å². The van der Waals surface area contributed by atoms with Crippen molar-refractivity contribution in [2.75, 3.05) is 0 Å². The summed E-state index contributed by atoms with van der Waals surface area (Å²) in [5, 5.41) is 0. The first-order valence-electron chi connectivity index (χ1n) is 3.20. The molecule has 0 aliphatic rings. The van der Waals surface area contributed by atoms with Crippen LogP contribution >= 0.6 is 0 Å². The molecule has 0 aliphatic carbocycles. The molecule has 10 heavy (non-hydrogen) atoms. The van der Waals surface area contributed by atoms with E-state index in [-0.39, 0.29) is 5.83 Å². The highest BCUT2D eigenvalue weighted by atomic mass is 19.1. The Labute approximate surface area is 61.8 Å². The predicted molar refractivity (Wildman–Crippen MR) is 43.4 cm³/mol. The Hall–Kier alpha value is -0.850. The topological polar surface area (TPSA) is 0 Å². The van der Waals surface area contributed by atoms with Crippen LogP contribution in [0.2, 0.25) is 0 Å². The van der Waals surface area contributed by atoms with Gasteiger partial charge < -0.3 is 0 Å². The van der Waals surface area contributed by atoms with E-state index < -0.39 is 0 Å². The Bertz CT molecular complexity index is 181. The standard InChI is InChI=1S/C9H13F/c1-7(2)5-9(10)6-8(3)4/h5-6H,1H2,2-4H3/b9-5+. The number of hydrogen-bond acceptors (Lipinski definition) is 0. The second-order valence-electron chi connectivity index (χ2n) is 2.60. The highest BCUT2D eigenvalue weighted by Gasteiger charge is 1.87. The lowest BCUT2D eigenvalue weighted by molar-refractivity contribution is 0.664. The molecule has 0 aliphatic heterocycles. The lowest BCUT2D eigenvalue weighted by atomic mass is 10.2. The van der Waals surface area contributed by atoms with Gasteiger partial charge in [0.15, 0.2) is 0 Å². The summed E-state index contributed by atoms with van der Waals surface area (Å²) >= 11 is 0. The maximum Gasteiger partial charge on any atom is 0.123 e. The molecule has 0 aromatic carbocycles. The van der Waals surface area contributed by atoms with Crippen LogP contribution in [0.15, 0.2) is 35.7 Å². The smallest absolute Gasteiger partial charge is 0.123 e. The van der Waals surface area contributed by atoms with E-state index in [1.54, 1.807) is 6.92 Å². The van der Waals surface area contributed by atoms with Crippen molar-refractivity contribution in [3.8, 4) is 0 Å². The maximum atomic E-state index is 12.6. The molecule has 0 aromatic rings. The monoisotopic (exact) mass is 140 g/mol. The van der Waals surface area contributed by atoms with Crippen molar-refractivity contribution in [1.29, 1.82) is 0 Å². The first-order chi connectivity index (χ1) is 4.52. The van der Waals surface area contributed by atoms with Gasteiger partial charge in [0, 0.05) is 0 Å². The summed E-state index contributed by atoms with van der Waals surface area (Å²) in [4.78, 5) is 0. The minimum Gasteiger partial charge on any atom is -0.207 e. The lowest BCUT2D eigenvalue weighted by Gasteiger charge is -1.89. The van der Waals surface area contributed by atoms with Crippen LogP contribution in [0.1, 0.15) is 20.8 Å². The zero-order valence-corrected chi connectivity index (χ0v) is 6.74. The van der Waals surface area contributed by atoms with Crippen molar-refractivity contribution in [2.45, 2.75) is 20.8 Å². The third-order valence-corrected chi connectivity index (χ3v) is 0.811. The minimum absolute atomic E-state index is 0.229. The fraction of sp³-hybridized carbons (Fsp3) is 0.333. The second kappa shape index (κ2) is 4.04. The fourth-order valence-corrected chi connectivity index (χ4v) is 0.553. The largest absolute Gasteiger partial charge is 0.207 e. The third kappa shape index (κ3) is 5.29. The van der Waals surface area contributed by atoms with Gasteiger partial charge in [-0.25, -0.2) is 4.39 Å². The molecule has 0 aromatic heterocycles. The van der Waals surface area contributed by atoms with Crippen LogP contribution in [0.5, 0.6) is 0 Å². The summed E-state index contributed by atoms with van der Waals surface area (Å²) in [6.45, 7) is 9.03. The molecule has 0 heterocycles. The first-order valence-corrected chi connectivity index (χ1v) is 3.20. The lowest BCUT2D eigenvalue weighted by Crippen LogP contribution is -1.70. The zero-order valence-electron chi connectivity index (χ0n) is 6.74. The SMILES string of the molecule is C=C(C)/C=C(/F)C=C(C)C. The van der Waals surface area contributed by atoms with Crippen LogP contribution in [-0.2, 0) is 0 Å². The van der Waals surface area contributed by atoms with Crippen LogP contribution in [-0.4, -0.2) is 0 Å². The van der Waals surface area contributed by atoms with Gasteiger partial charge in [0.1, 0.15) is 5.83 Å². The Morgan fingerprint density at radius 1 is 1.20 bits per heavy atom. The molecule has 0 nitrogen and oxygen atoms in total. The molecule has 0 radical (unpaired) electrons. The molecule has 0 amide bonds. The summed E-state index contributed by atoms with van der Waals surface area (Å²) < 4.78 is 12.6. The Morgan fingerprint density at radius 3 is 2.00 bits per heavy atom. The normalized spacial score (nSPS) is 11.0. The average molecular weight is 140 g/mol. The zero-order chi connectivity index (χ0) is 8.15. The molecule has 0 fully saturated rings. The van der Waals surface area contributed by atoms with Crippen molar-refractivity contribution < 1.29 is 4.39 Å². The van der Waals surface area contributed by atoms with Crippen molar-refractivity contribution in [2.24, 2.45) is 0 Å². The molecule has 0 bridgehead atoms. The molecule has 1 heteroatoms. The summed E-state index contributed by atoms with van der Waals surface area (Å²) in [6, 6.07) is 0. The Kier molecular flexibility index (Phi) is 3.70. The van der Waals surface area contributed by atoms with Gasteiger partial charge in [-0.2, -0.15) is 0 Å². The van der Waals surface area contributed by atoms with E-state index >= 15 is 0 Å². The molecule has 0 saturated carbocycles. The van der Waals surface area contributed by atoms with E-state index in [0.29, 0.717) is 0 Å². The average Bonchev–Trinajstić information content (AvgIpc) is 1.58. The fourth-order valence-electron chi connectivity index (χ4n) is 0.553. The Balaban J connectivity index is 4.22. The molecule has 0 saturated heterocycles. The van der Waals surface area contributed by atoms with E-state index in [1.807, 2.05) is 13.8 Å². The van der Waals surface area contributed by atoms with E-state index in [2.05, 4.69) is 6.58 Å². The first kappa shape index (κ1) is 9.15. The van der Waals surface area contributed by atoms with Crippen molar-refractivity contribution in [3.05, 3.63) is 35.7 Å². The quantitative estimate of drug-likeness (QED) is 0.516. The van der Waals surface area contributed by atoms with Crippen LogP contribution in [0.25, 0.3) is 0 Å². The van der Waals surface area contributed by atoms with Gasteiger partial charge in [-0.05, 0) is 32.9 Å². The Morgan fingerprint density at radius 2 is 1.70 bits per heavy atom. The molecule has 0 rings (SSSR count). The van der Waals surface area contributed by atoms with E-state index in [9.17, 15) is 4.39 Å². The molecule has 0 unspecified atom stereocenters. The van der Waals surface area contributed by atoms with Crippen LogP contribution in [0, 0.1) is 0 Å². The predicted octanol–water partition coefficient (Wildman–Crippen LogP) is 3.38. The number of allylic oxidation sites excluding steroid dienone is 5. The summed E-state index contributed by atoms with van der Waals surface area (Å²) in [6.07, 6.45) is 2.89. The van der Waals surface area contributed by atoms with Crippen molar-refractivity contribution in [1.82, 2.24) is 0 Å². The number of halogens is 1. The van der Waals surface area contributed by atoms with Gasteiger partial charge in [-0.1, -0.05) is 17.7 Å². The number of hydrogen-bond donors (Lipinski definition) is 0. The molecule has 56 valence electrons. The molecular weight excluding hydrogens is 127 g/mol. The van der Waals surface area contributed by atoms with E-state index in [0.717, 1.165) is 11.1 Å². The molecule has 0 N–H and O–H groups in total. The van der Waals surface area contributed by atoms with Gasteiger partial charge in [-0.3, -0.25) is 0 Å². The van der Waals surface area contributed by atoms with Gasteiger partial charge >= 0.3 is 0 Å². The van der Waals surface area contributed by atoms with Gasteiger partial charge in [0.25, 0.3) is 0 Å². The summed E-state index contributed by atoms with van der Waals surface area (Å²) in [7, 11) is 0. The van der Waals surface area contributed by atoms with Crippen LogP contribution in [0.4, 0.5) is 4.39 Å².